The zero-order chi connectivity index (χ0) is 14.1. The lowest BCUT2D eigenvalue weighted by Crippen LogP contribution is -2.28. The van der Waals surface area contributed by atoms with Crippen molar-refractivity contribution < 1.29 is 9.53 Å². The molecule has 0 fully saturated rings. The third-order valence-electron chi connectivity index (χ3n) is 1.77. The van der Waals surface area contributed by atoms with Gasteiger partial charge in [-0.15, -0.1) is 0 Å². The summed E-state index contributed by atoms with van der Waals surface area (Å²) in [4.78, 5) is 12.7. The lowest BCUT2D eigenvalue weighted by molar-refractivity contribution is -0.118. The van der Waals surface area contributed by atoms with Crippen molar-refractivity contribution in [1.82, 2.24) is 10.2 Å². The summed E-state index contributed by atoms with van der Waals surface area (Å²) >= 11 is 0. The maximum Gasteiger partial charge on any atom is 0.216 e. The Labute approximate surface area is 108 Å². The highest BCUT2D eigenvalue weighted by Gasteiger charge is 1.97. The molecule has 0 radical (unpaired) electrons. The minimum absolute atomic E-state index is 0.0412. The average molecular weight is 248 g/mol. The van der Waals surface area contributed by atoms with Crippen LogP contribution >= 0.6 is 0 Å². The molecule has 0 spiro atoms. The van der Waals surface area contributed by atoms with E-state index < -0.39 is 0 Å². The van der Waals surface area contributed by atoms with Crippen molar-refractivity contribution in [3.8, 4) is 0 Å². The fourth-order valence-corrected chi connectivity index (χ4v) is 0.972. The van der Waals surface area contributed by atoms with Crippen molar-refractivity contribution in [2.45, 2.75) is 41.0 Å². The number of nitrogens with zero attached hydrogens (tertiary/aromatic N) is 1. The number of ether oxygens (including phenoxy) is 1. The summed E-state index contributed by atoms with van der Waals surface area (Å²) < 4.78 is 4.95. The summed E-state index contributed by atoms with van der Waals surface area (Å²) in [7, 11) is 3.75. The number of carbonyl (C=O) groups excluding carboxylic acids is 1. The monoisotopic (exact) mass is 248 g/mol. The van der Waals surface area contributed by atoms with Crippen LogP contribution < -0.4 is 5.32 Å². The van der Waals surface area contributed by atoms with E-state index in [2.05, 4.69) is 10.2 Å². The molecular formula is C13H32N2O2. The molecular weight excluding hydrogens is 216 g/mol. The minimum Gasteiger partial charge on any atom is -0.383 e. The van der Waals surface area contributed by atoms with Crippen molar-refractivity contribution in [3.63, 3.8) is 0 Å². The van der Waals surface area contributed by atoms with Crippen LogP contribution in [0.15, 0.2) is 0 Å². The van der Waals surface area contributed by atoms with Crippen molar-refractivity contribution >= 4 is 5.91 Å². The van der Waals surface area contributed by atoms with Crippen LogP contribution in [0.5, 0.6) is 0 Å². The molecule has 0 bridgehead atoms. The molecule has 4 heteroatoms. The zero-order valence-electron chi connectivity index (χ0n) is 12.8. The maximum absolute atomic E-state index is 10.5. The number of methoxy groups -OCH3 is 1. The predicted octanol–water partition coefficient (Wildman–Crippen LogP) is 2.14. The Morgan fingerprint density at radius 2 is 1.71 bits per heavy atom. The molecule has 0 heterocycles. The third kappa shape index (κ3) is 25.6. The summed E-state index contributed by atoms with van der Waals surface area (Å²) in [6, 6.07) is 0. The Morgan fingerprint density at radius 3 is 2.12 bits per heavy atom. The molecule has 0 aromatic carbocycles. The predicted molar refractivity (Wildman–Crippen MR) is 75.4 cm³/mol. The van der Waals surface area contributed by atoms with Gasteiger partial charge in [0.05, 0.1) is 6.61 Å². The van der Waals surface area contributed by atoms with E-state index in [0.717, 1.165) is 32.7 Å². The molecule has 0 saturated heterocycles. The first kappa shape index (κ1) is 21.7. The fourth-order valence-electron chi connectivity index (χ4n) is 0.972. The summed E-state index contributed by atoms with van der Waals surface area (Å²) in [6.45, 7) is 13.0. The van der Waals surface area contributed by atoms with Crippen LogP contribution in [0.4, 0.5) is 0 Å². The van der Waals surface area contributed by atoms with Gasteiger partial charge in [0.1, 0.15) is 0 Å². The first-order chi connectivity index (χ1) is 8.16. The highest BCUT2D eigenvalue weighted by atomic mass is 16.5. The van der Waals surface area contributed by atoms with E-state index in [1.807, 2.05) is 34.7 Å². The van der Waals surface area contributed by atoms with Crippen LogP contribution in [0.1, 0.15) is 41.0 Å². The van der Waals surface area contributed by atoms with Crippen molar-refractivity contribution in [3.05, 3.63) is 0 Å². The first-order valence-electron chi connectivity index (χ1n) is 6.58. The lowest BCUT2D eigenvalue weighted by atomic mass is 10.4. The average Bonchev–Trinajstić information content (AvgIpc) is 2.37. The number of nitrogens with one attached hydrogen (secondary N) is 1. The van der Waals surface area contributed by atoms with Gasteiger partial charge in [0.25, 0.3) is 0 Å². The normalized spacial score (nSPS) is 8.71. The van der Waals surface area contributed by atoms with E-state index >= 15 is 0 Å². The smallest absolute Gasteiger partial charge is 0.216 e. The number of likely N-dealkylation sites (N-methyl/N-ethyl adjacent to an activating group) is 1. The van der Waals surface area contributed by atoms with E-state index in [1.54, 1.807) is 7.11 Å². The van der Waals surface area contributed by atoms with Crippen LogP contribution in [0.3, 0.4) is 0 Å². The molecule has 1 N–H and O–H groups in total. The second-order valence-corrected chi connectivity index (χ2v) is 3.13. The van der Waals surface area contributed by atoms with Crippen molar-refractivity contribution in [2.24, 2.45) is 0 Å². The highest BCUT2D eigenvalue weighted by Crippen LogP contribution is 1.86. The molecule has 106 valence electrons. The van der Waals surface area contributed by atoms with E-state index in [-0.39, 0.29) is 5.91 Å². The fraction of sp³-hybridized carbons (Fsp3) is 0.923. The maximum atomic E-state index is 10.5. The van der Waals surface area contributed by atoms with E-state index in [4.69, 9.17) is 4.74 Å². The van der Waals surface area contributed by atoms with Crippen LogP contribution in [0.25, 0.3) is 0 Å². The Morgan fingerprint density at radius 1 is 1.18 bits per heavy atom. The topological polar surface area (TPSA) is 41.6 Å². The SMILES string of the molecule is CC.CC.COCCN(C)CCCNC(C)=O. The Bertz CT molecular complexity index is 141. The van der Waals surface area contributed by atoms with Gasteiger partial charge < -0.3 is 15.0 Å². The van der Waals surface area contributed by atoms with E-state index in [1.165, 1.54) is 6.92 Å². The molecule has 0 aliphatic rings. The zero-order valence-corrected chi connectivity index (χ0v) is 12.8. The van der Waals surface area contributed by atoms with Gasteiger partial charge in [0.15, 0.2) is 0 Å². The molecule has 0 unspecified atom stereocenters. The molecule has 0 aromatic rings. The van der Waals surface area contributed by atoms with Gasteiger partial charge >= 0.3 is 0 Å². The number of hydrogen-bond donors (Lipinski definition) is 1. The quantitative estimate of drug-likeness (QED) is 0.702. The highest BCUT2D eigenvalue weighted by molar-refractivity contribution is 5.72. The van der Waals surface area contributed by atoms with Crippen molar-refractivity contribution in [2.75, 3.05) is 40.4 Å². The molecule has 4 nitrogen and oxygen atoms in total. The second-order valence-electron chi connectivity index (χ2n) is 3.13. The largest absolute Gasteiger partial charge is 0.383 e. The minimum atomic E-state index is 0.0412. The van der Waals surface area contributed by atoms with Gasteiger partial charge in [0.2, 0.25) is 5.91 Å². The number of amides is 1. The molecule has 1 amide bonds. The molecule has 0 atom stereocenters. The second kappa shape index (κ2) is 20.8. The Hall–Kier alpha value is -0.610. The van der Waals surface area contributed by atoms with Crippen LogP contribution in [-0.4, -0.2) is 51.2 Å². The van der Waals surface area contributed by atoms with Crippen LogP contribution in [-0.2, 0) is 9.53 Å². The number of carbonyl (C=O) groups is 1. The molecule has 17 heavy (non-hydrogen) atoms. The lowest BCUT2D eigenvalue weighted by Gasteiger charge is -2.15. The van der Waals surface area contributed by atoms with Gasteiger partial charge in [0, 0.05) is 27.1 Å². The summed E-state index contributed by atoms with van der Waals surface area (Å²) in [5.74, 6) is 0.0412. The van der Waals surface area contributed by atoms with Gasteiger partial charge in [-0.25, -0.2) is 0 Å². The van der Waals surface area contributed by atoms with E-state index in [0.29, 0.717) is 0 Å². The molecule has 0 aromatic heterocycles. The van der Waals surface area contributed by atoms with Gasteiger partial charge in [-0.2, -0.15) is 0 Å². The van der Waals surface area contributed by atoms with Gasteiger partial charge in [-0.05, 0) is 20.0 Å². The Balaban J connectivity index is -0.000000439. The van der Waals surface area contributed by atoms with Crippen molar-refractivity contribution in [1.29, 1.82) is 0 Å². The molecule has 0 rings (SSSR count). The van der Waals surface area contributed by atoms with Crippen LogP contribution in [0.2, 0.25) is 0 Å². The molecule has 0 aliphatic carbocycles. The standard InChI is InChI=1S/C9H20N2O2.2C2H6/c1-9(12)10-5-4-6-11(2)7-8-13-3;2*1-2/h4-8H2,1-3H3,(H,10,12);2*1-2H3. The number of hydrogen-bond acceptors (Lipinski definition) is 3. The summed E-state index contributed by atoms with van der Waals surface area (Å²) in [5, 5.41) is 2.76. The number of rotatable bonds is 7. The third-order valence-corrected chi connectivity index (χ3v) is 1.77. The molecule has 0 aliphatic heterocycles. The first-order valence-corrected chi connectivity index (χ1v) is 6.58. The van der Waals surface area contributed by atoms with Crippen LogP contribution in [0, 0.1) is 0 Å². The Kier molecular flexibility index (Phi) is 26.4. The van der Waals surface area contributed by atoms with E-state index in [9.17, 15) is 4.79 Å². The molecule has 0 saturated carbocycles. The summed E-state index contributed by atoms with van der Waals surface area (Å²) in [5.41, 5.74) is 0. The van der Waals surface area contributed by atoms with Gasteiger partial charge in [-0.3, -0.25) is 4.79 Å². The van der Waals surface area contributed by atoms with Gasteiger partial charge in [-0.1, -0.05) is 27.7 Å². The summed E-state index contributed by atoms with van der Waals surface area (Å²) in [6.07, 6.45) is 0.986.